The minimum absolute atomic E-state index is 0.112. The Kier molecular flexibility index (Phi) is 5.07. The van der Waals surface area contributed by atoms with Crippen molar-refractivity contribution in [1.82, 2.24) is 14.8 Å². The van der Waals surface area contributed by atoms with Crippen LogP contribution in [-0.2, 0) is 12.7 Å². The molecular weight excluding hydrogens is 402 g/mol. The number of carbonyl (C=O) groups excluding carboxylic acids is 1. The van der Waals surface area contributed by atoms with Gasteiger partial charge in [0.2, 0.25) is 0 Å². The van der Waals surface area contributed by atoms with Crippen molar-refractivity contribution in [2.45, 2.75) is 19.6 Å². The molecule has 11 heteroatoms. The predicted octanol–water partition coefficient (Wildman–Crippen LogP) is 4.17. The molecule has 0 aliphatic carbocycles. The fourth-order valence-electron chi connectivity index (χ4n) is 2.74. The summed E-state index contributed by atoms with van der Waals surface area (Å²) < 4.78 is 81.9. The van der Waals surface area contributed by atoms with Crippen molar-refractivity contribution in [3.8, 4) is 22.5 Å². The summed E-state index contributed by atoms with van der Waals surface area (Å²) in [5, 5.41) is 3.48. The van der Waals surface area contributed by atoms with Gasteiger partial charge in [0.05, 0.1) is 11.4 Å². The molecule has 2 aromatic heterocycles. The van der Waals surface area contributed by atoms with E-state index in [1.807, 2.05) is 0 Å². The number of pyridine rings is 1. The molecule has 0 saturated heterocycles. The Morgan fingerprint density at radius 3 is 2.34 bits per heavy atom. The summed E-state index contributed by atoms with van der Waals surface area (Å²) in [5.41, 5.74) is 2.10. The molecule has 0 unspecified atom stereocenters. The number of alkyl halides is 3. The highest BCUT2D eigenvalue weighted by molar-refractivity contribution is 5.94. The number of rotatable bonds is 4. The average Bonchev–Trinajstić information content (AvgIpc) is 3.09. The van der Waals surface area contributed by atoms with E-state index in [0.717, 1.165) is 16.9 Å². The number of aryl methyl sites for hydroxylation is 1. The third-order valence-electron chi connectivity index (χ3n) is 4.11. The van der Waals surface area contributed by atoms with Crippen molar-refractivity contribution in [2.75, 3.05) is 0 Å². The van der Waals surface area contributed by atoms with Gasteiger partial charge in [0.15, 0.2) is 17.3 Å². The van der Waals surface area contributed by atoms with E-state index < -0.39 is 46.4 Å². The van der Waals surface area contributed by atoms with Crippen LogP contribution in [0.1, 0.15) is 23.0 Å². The summed E-state index contributed by atoms with van der Waals surface area (Å²) in [5.74, 6) is -6.12. The Bertz CT molecular complexity index is 1090. The van der Waals surface area contributed by atoms with Gasteiger partial charge < -0.3 is 5.73 Å². The van der Waals surface area contributed by atoms with Crippen LogP contribution in [0, 0.1) is 17.5 Å². The lowest BCUT2D eigenvalue weighted by Gasteiger charge is -2.09. The molecule has 29 heavy (non-hydrogen) atoms. The minimum Gasteiger partial charge on any atom is -0.365 e. The summed E-state index contributed by atoms with van der Waals surface area (Å²) in [7, 11) is 0. The molecule has 0 saturated carbocycles. The second kappa shape index (κ2) is 7.22. The topological polar surface area (TPSA) is 73.8 Å². The van der Waals surface area contributed by atoms with Gasteiger partial charge in [-0.05, 0) is 31.2 Å². The van der Waals surface area contributed by atoms with Crippen LogP contribution in [0.25, 0.3) is 22.5 Å². The molecule has 2 N–H and O–H groups in total. The number of benzene rings is 1. The SMILES string of the molecule is CCn1nc(C(F)(F)F)cc1-c1ccc(-c2cc(F)c(C(N)=O)c(F)c2F)nc1. The van der Waals surface area contributed by atoms with Gasteiger partial charge in [0, 0.05) is 23.9 Å². The van der Waals surface area contributed by atoms with Crippen LogP contribution in [-0.4, -0.2) is 20.7 Å². The number of aromatic nitrogens is 3. The molecule has 152 valence electrons. The second-order valence-corrected chi connectivity index (χ2v) is 5.93. The van der Waals surface area contributed by atoms with E-state index in [4.69, 9.17) is 5.73 Å². The van der Waals surface area contributed by atoms with Gasteiger partial charge in [-0.1, -0.05) is 0 Å². The molecule has 3 rings (SSSR count). The van der Waals surface area contributed by atoms with Crippen LogP contribution in [0.2, 0.25) is 0 Å². The molecule has 3 aromatic rings. The number of hydrogen-bond donors (Lipinski definition) is 1. The smallest absolute Gasteiger partial charge is 0.365 e. The van der Waals surface area contributed by atoms with Gasteiger partial charge in [-0.2, -0.15) is 18.3 Å². The van der Waals surface area contributed by atoms with E-state index in [2.05, 4.69) is 10.1 Å². The van der Waals surface area contributed by atoms with Crippen molar-refractivity contribution < 1.29 is 31.1 Å². The number of halogens is 6. The Morgan fingerprint density at radius 2 is 1.83 bits per heavy atom. The first-order valence-corrected chi connectivity index (χ1v) is 8.13. The first kappa shape index (κ1) is 20.4. The van der Waals surface area contributed by atoms with Crippen LogP contribution >= 0.6 is 0 Å². The highest BCUT2D eigenvalue weighted by Gasteiger charge is 2.35. The van der Waals surface area contributed by atoms with E-state index in [-0.39, 0.29) is 23.5 Å². The third-order valence-corrected chi connectivity index (χ3v) is 4.11. The van der Waals surface area contributed by atoms with E-state index in [0.29, 0.717) is 6.07 Å². The third kappa shape index (κ3) is 3.67. The summed E-state index contributed by atoms with van der Waals surface area (Å²) in [6.45, 7) is 1.74. The molecule has 0 radical (unpaired) electrons. The van der Waals surface area contributed by atoms with E-state index in [9.17, 15) is 31.1 Å². The minimum atomic E-state index is -4.64. The van der Waals surface area contributed by atoms with Gasteiger partial charge >= 0.3 is 6.18 Å². The van der Waals surface area contributed by atoms with Crippen LogP contribution in [0.4, 0.5) is 26.3 Å². The Labute approximate surface area is 159 Å². The molecule has 1 aromatic carbocycles. The van der Waals surface area contributed by atoms with Crippen LogP contribution in [0.3, 0.4) is 0 Å². The predicted molar refractivity (Wildman–Crippen MR) is 90.0 cm³/mol. The molecular formula is C18H12F6N4O. The molecule has 5 nitrogen and oxygen atoms in total. The quantitative estimate of drug-likeness (QED) is 0.515. The lowest BCUT2D eigenvalue weighted by molar-refractivity contribution is -0.141. The maximum absolute atomic E-state index is 14.2. The first-order valence-electron chi connectivity index (χ1n) is 8.13. The van der Waals surface area contributed by atoms with Crippen LogP contribution < -0.4 is 5.73 Å². The number of nitrogens with zero attached hydrogens (tertiary/aromatic N) is 3. The van der Waals surface area contributed by atoms with Gasteiger partial charge in [-0.15, -0.1) is 0 Å². The monoisotopic (exact) mass is 414 g/mol. The largest absolute Gasteiger partial charge is 0.435 e. The van der Waals surface area contributed by atoms with Gasteiger partial charge in [-0.3, -0.25) is 14.5 Å². The zero-order chi connectivity index (χ0) is 21.5. The fourth-order valence-corrected chi connectivity index (χ4v) is 2.74. The number of primary amides is 1. The zero-order valence-electron chi connectivity index (χ0n) is 14.7. The lowest BCUT2D eigenvalue weighted by atomic mass is 10.0. The highest BCUT2D eigenvalue weighted by atomic mass is 19.4. The maximum Gasteiger partial charge on any atom is 0.435 e. The van der Waals surface area contributed by atoms with Gasteiger partial charge in [0.1, 0.15) is 11.4 Å². The van der Waals surface area contributed by atoms with E-state index >= 15 is 0 Å². The maximum atomic E-state index is 14.2. The molecule has 2 heterocycles. The molecule has 0 fully saturated rings. The first-order chi connectivity index (χ1) is 13.5. The molecule has 0 aliphatic heterocycles. The van der Waals surface area contributed by atoms with Crippen molar-refractivity contribution in [1.29, 1.82) is 0 Å². The average molecular weight is 414 g/mol. The zero-order valence-corrected chi connectivity index (χ0v) is 14.7. The molecule has 0 bridgehead atoms. The molecule has 0 aliphatic rings. The Hall–Kier alpha value is -3.37. The fraction of sp³-hybridized carbons (Fsp3) is 0.167. The van der Waals surface area contributed by atoms with E-state index in [1.54, 1.807) is 6.92 Å². The number of carbonyl (C=O) groups is 1. The number of nitrogens with two attached hydrogens (primary N) is 1. The van der Waals surface area contributed by atoms with Crippen molar-refractivity contribution in [2.24, 2.45) is 5.73 Å². The van der Waals surface area contributed by atoms with Crippen LogP contribution in [0.15, 0.2) is 30.5 Å². The van der Waals surface area contributed by atoms with E-state index in [1.165, 1.54) is 12.1 Å². The summed E-state index contributed by atoms with van der Waals surface area (Å²) in [4.78, 5) is 14.9. The summed E-state index contributed by atoms with van der Waals surface area (Å²) in [6, 6.07) is 3.89. The number of amides is 1. The summed E-state index contributed by atoms with van der Waals surface area (Å²) >= 11 is 0. The highest BCUT2D eigenvalue weighted by Crippen LogP contribution is 2.33. The van der Waals surface area contributed by atoms with Crippen LogP contribution in [0.5, 0.6) is 0 Å². The lowest BCUT2D eigenvalue weighted by Crippen LogP contribution is -2.17. The molecule has 0 atom stereocenters. The molecule has 1 amide bonds. The van der Waals surface area contributed by atoms with Crippen molar-refractivity contribution >= 4 is 5.91 Å². The van der Waals surface area contributed by atoms with Crippen molar-refractivity contribution in [3.63, 3.8) is 0 Å². The Morgan fingerprint density at radius 1 is 1.14 bits per heavy atom. The van der Waals surface area contributed by atoms with Gasteiger partial charge in [0.25, 0.3) is 5.91 Å². The second-order valence-electron chi connectivity index (χ2n) is 5.93. The standard InChI is InChI=1S/C18H12F6N4O/c1-2-28-12(6-13(27-28)18(22,23)24)8-3-4-11(26-7-8)9-5-10(19)14(17(25)29)16(21)15(9)20/h3-7H,2H2,1H3,(H2,25,29). The Balaban J connectivity index is 2.05. The molecule has 0 spiro atoms. The van der Waals surface area contributed by atoms with Crippen molar-refractivity contribution in [3.05, 3.63) is 59.2 Å². The normalized spacial score (nSPS) is 11.7. The number of hydrogen-bond acceptors (Lipinski definition) is 3. The summed E-state index contributed by atoms with van der Waals surface area (Å²) in [6.07, 6.45) is -3.52. The van der Waals surface area contributed by atoms with Gasteiger partial charge in [-0.25, -0.2) is 13.2 Å².